The Labute approximate surface area is 98.2 Å². The quantitative estimate of drug-likeness (QED) is 0.740. The Morgan fingerprint density at radius 3 is 2.69 bits per heavy atom. The maximum atomic E-state index is 10.9. The summed E-state index contributed by atoms with van der Waals surface area (Å²) in [5.41, 5.74) is 0. The van der Waals surface area contributed by atoms with Gasteiger partial charge in [0.2, 0.25) is 0 Å². The Balaban J connectivity index is 2.29. The molecule has 1 aliphatic rings. The third-order valence-corrected chi connectivity index (χ3v) is 3.48. The number of hydrogen-bond donors (Lipinski definition) is 1. The Morgan fingerprint density at radius 2 is 2.12 bits per heavy atom. The topological polar surface area (TPSA) is 43.8 Å². The molecule has 0 aromatic rings. The predicted molar refractivity (Wildman–Crippen MR) is 64.6 cm³/mol. The molecule has 16 heavy (non-hydrogen) atoms. The van der Waals surface area contributed by atoms with Crippen molar-refractivity contribution in [3.05, 3.63) is 0 Å². The van der Waals surface area contributed by atoms with Crippen molar-refractivity contribution in [2.45, 2.75) is 26.7 Å². The van der Waals surface area contributed by atoms with Gasteiger partial charge in [-0.1, -0.05) is 13.8 Å². The smallest absolute Gasteiger partial charge is 0.307 e. The number of carboxylic acids is 1. The van der Waals surface area contributed by atoms with Crippen LogP contribution in [-0.2, 0) is 4.79 Å². The van der Waals surface area contributed by atoms with Crippen LogP contribution in [0.15, 0.2) is 0 Å². The van der Waals surface area contributed by atoms with Crippen molar-refractivity contribution in [3.8, 4) is 0 Å². The van der Waals surface area contributed by atoms with Crippen molar-refractivity contribution in [1.82, 2.24) is 9.80 Å². The number of likely N-dealkylation sites (N-methyl/N-ethyl adjacent to an activating group) is 1. The van der Waals surface area contributed by atoms with Crippen LogP contribution in [0, 0.1) is 5.92 Å². The highest BCUT2D eigenvalue weighted by atomic mass is 16.4. The molecule has 0 aromatic carbocycles. The standard InChI is InChI=1S/C12H24N2O2/c1-3-13(4-2)8-9-14-7-5-6-11(10-14)12(15)16/h11H,3-10H2,1-2H3,(H,15,16). The summed E-state index contributed by atoms with van der Waals surface area (Å²) in [4.78, 5) is 15.6. The molecule has 0 spiro atoms. The molecule has 0 radical (unpaired) electrons. The first-order chi connectivity index (χ1) is 7.67. The normalized spacial score (nSPS) is 22.6. The van der Waals surface area contributed by atoms with Gasteiger partial charge in [0.1, 0.15) is 0 Å². The first-order valence-electron chi connectivity index (χ1n) is 6.34. The minimum Gasteiger partial charge on any atom is -0.481 e. The van der Waals surface area contributed by atoms with Crippen LogP contribution < -0.4 is 0 Å². The number of carboxylic acid groups (broad SMARTS) is 1. The van der Waals surface area contributed by atoms with Crippen molar-refractivity contribution in [3.63, 3.8) is 0 Å². The Hall–Kier alpha value is -0.610. The van der Waals surface area contributed by atoms with Crippen molar-refractivity contribution in [1.29, 1.82) is 0 Å². The van der Waals surface area contributed by atoms with Crippen LogP contribution in [0.4, 0.5) is 0 Å². The molecule has 1 heterocycles. The van der Waals surface area contributed by atoms with Gasteiger partial charge in [0.05, 0.1) is 5.92 Å². The second-order valence-corrected chi connectivity index (χ2v) is 4.50. The summed E-state index contributed by atoms with van der Waals surface area (Å²) in [6.45, 7) is 10.3. The van der Waals surface area contributed by atoms with Gasteiger partial charge in [0, 0.05) is 19.6 Å². The number of aliphatic carboxylic acids is 1. The van der Waals surface area contributed by atoms with Gasteiger partial charge in [-0.2, -0.15) is 0 Å². The number of likely N-dealkylation sites (tertiary alicyclic amines) is 1. The van der Waals surface area contributed by atoms with Gasteiger partial charge in [0.25, 0.3) is 0 Å². The number of carbonyl (C=O) groups is 1. The SMILES string of the molecule is CCN(CC)CCN1CCCC(C(=O)O)C1. The van der Waals surface area contributed by atoms with Gasteiger partial charge in [-0.05, 0) is 32.5 Å². The fraction of sp³-hybridized carbons (Fsp3) is 0.917. The number of rotatable bonds is 6. The lowest BCUT2D eigenvalue weighted by molar-refractivity contribution is -0.143. The largest absolute Gasteiger partial charge is 0.481 e. The lowest BCUT2D eigenvalue weighted by Crippen LogP contribution is -2.42. The summed E-state index contributed by atoms with van der Waals surface area (Å²) in [5, 5.41) is 8.99. The van der Waals surface area contributed by atoms with Crippen LogP contribution in [0.2, 0.25) is 0 Å². The van der Waals surface area contributed by atoms with Crippen LogP contribution in [0.3, 0.4) is 0 Å². The van der Waals surface area contributed by atoms with E-state index in [4.69, 9.17) is 5.11 Å². The molecule has 1 fully saturated rings. The van der Waals surface area contributed by atoms with E-state index in [2.05, 4.69) is 23.6 Å². The van der Waals surface area contributed by atoms with E-state index in [0.29, 0.717) is 0 Å². The average molecular weight is 228 g/mol. The summed E-state index contributed by atoms with van der Waals surface area (Å²) < 4.78 is 0. The number of piperidine rings is 1. The molecule has 1 saturated heterocycles. The number of nitrogens with zero attached hydrogens (tertiary/aromatic N) is 2. The molecular formula is C12H24N2O2. The molecule has 0 amide bonds. The third-order valence-electron chi connectivity index (χ3n) is 3.48. The lowest BCUT2D eigenvalue weighted by atomic mass is 9.98. The van der Waals surface area contributed by atoms with Crippen molar-refractivity contribution >= 4 is 5.97 Å². The molecule has 0 bridgehead atoms. The highest BCUT2D eigenvalue weighted by Crippen LogP contribution is 2.16. The molecule has 1 unspecified atom stereocenters. The Bertz CT molecular complexity index is 217. The van der Waals surface area contributed by atoms with Crippen LogP contribution >= 0.6 is 0 Å². The summed E-state index contributed by atoms with van der Waals surface area (Å²) in [6.07, 6.45) is 1.87. The zero-order chi connectivity index (χ0) is 12.0. The van der Waals surface area contributed by atoms with Crippen LogP contribution in [0.5, 0.6) is 0 Å². The maximum Gasteiger partial charge on any atom is 0.307 e. The van der Waals surface area contributed by atoms with E-state index in [1.54, 1.807) is 0 Å². The van der Waals surface area contributed by atoms with Gasteiger partial charge < -0.3 is 14.9 Å². The molecule has 0 saturated carbocycles. The summed E-state index contributed by atoms with van der Waals surface area (Å²) in [5.74, 6) is -0.780. The second-order valence-electron chi connectivity index (χ2n) is 4.50. The minimum atomic E-state index is -0.632. The molecule has 1 aliphatic heterocycles. The van der Waals surface area contributed by atoms with E-state index in [9.17, 15) is 4.79 Å². The van der Waals surface area contributed by atoms with E-state index in [0.717, 1.165) is 52.1 Å². The van der Waals surface area contributed by atoms with Crippen molar-refractivity contribution < 1.29 is 9.90 Å². The minimum absolute atomic E-state index is 0.148. The zero-order valence-electron chi connectivity index (χ0n) is 10.5. The van der Waals surface area contributed by atoms with E-state index < -0.39 is 5.97 Å². The summed E-state index contributed by atoms with van der Waals surface area (Å²) in [7, 11) is 0. The van der Waals surface area contributed by atoms with Gasteiger partial charge in [-0.15, -0.1) is 0 Å². The van der Waals surface area contributed by atoms with Crippen molar-refractivity contribution in [2.24, 2.45) is 5.92 Å². The highest BCUT2D eigenvalue weighted by molar-refractivity contribution is 5.70. The Kier molecular flexibility index (Phi) is 5.77. The van der Waals surface area contributed by atoms with Gasteiger partial charge in [-0.3, -0.25) is 4.79 Å². The van der Waals surface area contributed by atoms with Gasteiger partial charge in [0.15, 0.2) is 0 Å². The average Bonchev–Trinajstić information content (AvgIpc) is 2.31. The molecule has 1 N–H and O–H groups in total. The Morgan fingerprint density at radius 1 is 1.44 bits per heavy atom. The van der Waals surface area contributed by atoms with Gasteiger partial charge >= 0.3 is 5.97 Å². The maximum absolute atomic E-state index is 10.9. The number of hydrogen-bond acceptors (Lipinski definition) is 3. The lowest BCUT2D eigenvalue weighted by Gasteiger charge is -2.32. The zero-order valence-corrected chi connectivity index (χ0v) is 10.5. The van der Waals surface area contributed by atoms with Gasteiger partial charge in [-0.25, -0.2) is 0 Å². The monoisotopic (exact) mass is 228 g/mol. The predicted octanol–water partition coefficient (Wildman–Crippen LogP) is 1.12. The van der Waals surface area contributed by atoms with E-state index in [1.807, 2.05) is 0 Å². The fourth-order valence-electron chi connectivity index (χ4n) is 2.28. The third kappa shape index (κ3) is 4.10. The van der Waals surface area contributed by atoms with E-state index >= 15 is 0 Å². The summed E-state index contributed by atoms with van der Waals surface area (Å²) >= 11 is 0. The molecule has 1 rings (SSSR count). The van der Waals surface area contributed by atoms with E-state index in [-0.39, 0.29) is 5.92 Å². The molecule has 1 atom stereocenters. The highest BCUT2D eigenvalue weighted by Gasteiger charge is 2.24. The molecule has 0 aliphatic carbocycles. The van der Waals surface area contributed by atoms with E-state index in [1.165, 1.54) is 0 Å². The fourth-order valence-corrected chi connectivity index (χ4v) is 2.28. The first-order valence-corrected chi connectivity index (χ1v) is 6.34. The second kappa shape index (κ2) is 6.86. The van der Waals surface area contributed by atoms with Crippen LogP contribution in [0.25, 0.3) is 0 Å². The summed E-state index contributed by atoms with van der Waals surface area (Å²) in [6, 6.07) is 0. The molecule has 4 heteroatoms. The molecule has 0 aromatic heterocycles. The molecule has 4 nitrogen and oxygen atoms in total. The van der Waals surface area contributed by atoms with Crippen molar-refractivity contribution in [2.75, 3.05) is 39.3 Å². The van der Waals surface area contributed by atoms with Crippen LogP contribution in [-0.4, -0.2) is 60.1 Å². The van der Waals surface area contributed by atoms with Crippen LogP contribution in [0.1, 0.15) is 26.7 Å². The first kappa shape index (κ1) is 13.5. The molecule has 94 valence electrons. The molecular weight excluding hydrogens is 204 g/mol.